The van der Waals surface area contributed by atoms with Crippen LogP contribution in [0.1, 0.15) is 72.1 Å². The third-order valence-corrected chi connectivity index (χ3v) is 5.32. The van der Waals surface area contributed by atoms with E-state index in [9.17, 15) is 0 Å². The molecule has 0 heterocycles. The van der Waals surface area contributed by atoms with Crippen molar-refractivity contribution in [2.75, 3.05) is 0 Å². The monoisotopic (exact) mass is 237 g/mol. The van der Waals surface area contributed by atoms with Gasteiger partial charge in [0.2, 0.25) is 0 Å². The van der Waals surface area contributed by atoms with Crippen LogP contribution in [0.15, 0.2) is 0 Å². The van der Waals surface area contributed by atoms with E-state index >= 15 is 0 Å². The lowest BCUT2D eigenvalue weighted by Crippen LogP contribution is -2.42. The summed E-state index contributed by atoms with van der Waals surface area (Å²) in [6, 6.07) is 1.58. The zero-order chi connectivity index (χ0) is 12.3. The van der Waals surface area contributed by atoms with Crippen molar-refractivity contribution in [3.8, 4) is 0 Å². The molecule has 1 N–H and O–H groups in total. The predicted molar refractivity (Wildman–Crippen MR) is 75.1 cm³/mol. The van der Waals surface area contributed by atoms with Gasteiger partial charge in [0.05, 0.1) is 0 Å². The summed E-state index contributed by atoms with van der Waals surface area (Å²) in [6.45, 7) is 7.20. The molecule has 0 spiro atoms. The zero-order valence-corrected chi connectivity index (χ0v) is 12.0. The highest BCUT2D eigenvalue weighted by Gasteiger charge is 2.27. The second kappa shape index (κ2) is 6.22. The summed E-state index contributed by atoms with van der Waals surface area (Å²) in [5.74, 6) is 2.86. The third-order valence-electron chi connectivity index (χ3n) is 5.32. The van der Waals surface area contributed by atoms with Crippen molar-refractivity contribution >= 4 is 0 Å². The molecule has 0 bridgehead atoms. The van der Waals surface area contributed by atoms with Crippen molar-refractivity contribution in [3.05, 3.63) is 0 Å². The van der Waals surface area contributed by atoms with E-state index in [2.05, 4.69) is 26.1 Å². The van der Waals surface area contributed by atoms with Crippen molar-refractivity contribution in [2.24, 2.45) is 17.8 Å². The maximum Gasteiger partial charge on any atom is 0.00698 e. The molecule has 0 saturated heterocycles. The highest BCUT2D eigenvalue weighted by atomic mass is 15.0. The van der Waals surface area contributed by atoms with Gasteiger partial charge in [0.1, 0.15) is 0 Å². The van der Waals surface area contributed by atoms with E-state index in [1.165, 1.54) is 51.4 Å². The molecule has 100 valence electrons. The summed E-state index contributed by atoms with van der Waals surface area (Å²) in [5.41, 5.74) is 0. The fourth-order valence-corrected chi connectivity index (χ4v) is 3.92. The highest BCUT2D eigenvalue weighted by Crippen LogP contribution is 2.32. The van der Waals surface area contributed by atoms with Gasteiger partial charge in [0, 0.05) is 12.1 Å². The molecule has 1 heteroatoms. The van der Waals surface area contributed by atoms with E-state index in [0.717, 1.165) is 29.8 Å². The third kappa shape index (κ3) is 3.71. The molecule has 1 unspecified atom stereocenters. The van der Waals surface area contributed by atoms with Crippen LogP contribution in [-0.2, 0) is 0 Å². The lowest BCUT2D eigenvalue weighted by Gasteiger charge is -2.34. The molecule has 0 aliphatic heterocycles. The van der Waals surface area contributed by atoms with Crippen molar-refractivity contribution in [1.82, 2.24) is 5.32 Å². The van der Waals surface area contributed by atoms with Crippen molar-refractivity contribution in [2.45, 2.75) is 84.2 Å². The topological polar surface area (TPSA) is 12.0 Å². The Balaban J connectivity index is 1.70. The van der Waals surface area contributed by atoms with Crippen LogP contribution < -0.4 is 5.32 Å². The molecule has 0 aromatic heterocycles. The molecule has 17 heavy (non-hydrogen) atoms. The van der Waals surface area contributed by atoms with Crippen LogP contribution in [0, 0.1) is 17.8 Å². The number of rotatable bonds is 4. The molecule has 2 fully saturated rings. The largest absolute Gasteiger partial charge is 0.311 e. The Morgan fingerprint density at radius 3 is 1.88 bits per heavy atom. The molecular weight excluding hydrogens is 206 g/mol. The minimum Gasteiger partial charge on any atom is -0.311 e. The maximum atomic E-state index is 3.92. The Morgan fingerprint density at radius 1 is 0.765 bits per heavy atom. The van der Waals surface area contributed by atoms with E-state index in [4.69, 9.17) is 0 Å². The van der Waals surface area contributed by atoms with Crippen molar-refractivity contribution in [1.29, 1.82) is 0 Å². The van der Waals surface area contributed by atoms with E-state index in [-0.39, 0.29) is 0 Å². The van der Waals surface area contributed by atoms with Gasteiger partial charge in [-0.05, 0) is 63.2 Å². The van der Waals surface area contributed by atoms with Crippen LogP contribution in [0.25, 0.3) is 0 Å². The highest BCUT2D eigenvalue weighted by molar-refractivity contribution is 4.84. The van der Waals surface area contributed by atoms with E-state index in [1.54, 1.807) is 0 Å². The first-order chi connectivity index (χ1) is 8.16. The standard InChI is InChI=1S/C16H31N/c1-12(2)14-8-10-16(11-9-14)17-13(3)15-6-4-5-7-15/h12-17H,4-11H2,1-3H3. The van der Waals surface area contributed by atoms with E-state index in [1.807, 2.05) is 0 Å². The summed E-state index contributed by atoms with van der Waals surface area (Å²) in [6.07, 6.45) is 11.6. The Labute approximate surface area is 108 Å². The van der Waals surface area contributed by atoms with Gasteiger partial charge >= 0.3 is 0 Å². The number of nitrogens with one attached hydrogen (secondary N) is 1. The van der Waals surface area contributed by atoms with Gasteiger partial charge in [-0.25, -0.2) is 0 Å². The quantitative estimate of drug-likeness (QED) is 0.765. The zero-order valence-electron chi connectivity index (χ0n) is 12.0. The van der Waals surface area contributed by atoms with Crippen LogP contribution in [-0.4, -0.2) is 12.1 Å². The lowest BCUT2D eigenvalue weighted by molar-refractivity contribution is 0.217. The maximum absolute atomic E-state index is 3.92. The minimum absolute atomic E-state index is 0.762. The fraction of sp³-hybridized carbons (Fsp3) is 1.00. The lowest BCUT2D eigenvalue weighted by atomic mass is 9.79. The van der Waals surface area contributed by atoms with Gasteiger partial charge in [-0.15, -0.1) is 0 Å². The van der Waals surface area contributed by atoms with Gasteiger partial charge in [-0.1, -0.05) is 26.7 Å². The number of hydrogen-bond acceptors (Lipinski definition) is 1. The summed E-state index contributed by atoms with van der Waals surface area (Å²) in [4.78, 5) is 0. The molecule has 2 saturated carbocycles. The van der Waals surface area contributed by atoms with Crippen LogP contribution in [0.4, 0.5) is 0 Å². The van der Waals surface area contributed by atoms with E-state index in [0.29, 0.717) is 0 Å². The minimum atomic E-state index is 0.762. The van der Waals surface area contributed by atoms with Crippen molar-refractivity contribution < 1.29 is 0 Å². The molecule has 1 nitrogen and oxygen atoms in total. The molecule has 2 aliphatic rings. The van der Waals surface area contributed by atoms with Crippen LogP contribution in [0.3, 0.4) is 0 Å². The Morgan fingerprint density at radius 2 is 1.35 bits per heavy atom. The first-order valence-electron chi connectivity index (χ1n) is 7.93. The molecule has 2 aliphatic carbocycles. The average molecular weight is 237 g/mol. The van der Waals surface area contributed by atoms with Gasteiger partial charge in [-0.3, -0.25) is 0 Å². The van der Waals surface area contributed by atoms with Crippen LogP contribution >= 0.6 is 0 Å². The normalized spacial score (nSPS) is 33.2. The Hall–Kier alpha value is -0.0400. The van der Waals surface area contributed by atoms with Gasteiger partial charge in [0.25, 0.3) is 0 Å². The predicted octanol–water partition coefficient (Wildman–Crippen LogP) is 4.37. The average Bonchev–Trinajstić information content (AvgIpc) is 2.83. The van der Waals surface area contributed by atoms with Crippen LogP contribution in [0.5, 0.6) is 0 Å². The first-order valence-corrected chi connectivity index (χ1v) is 7.93. The molecule has 0 amide bonds. The van der Waals surface area contributed by atoms with Gasteiger partial charge in [-0.2, -0.15) is 0 Å². The summed E-state index contributed by atoms with van der Waals surface area (Å²) >= 11 is 0. The summed E-state index contributed by atoms with van der Waals surface area (Å²) in [7, 11) is 0. The van der Waals surface area contributed by atoms with E-state index < -0.39 is 0 Å². The second-order valence-electron chi connectivity index (χ2n) is 6.86. The first kappa shape index (κ1) is 13.4. The molecule has 1 atom stereocenters. The van der Waals surface area contributed by atoms with Gasteiger partial charge < -0.3 is 5.32 Å². The Kier molecular flexibility index (Phi) is 4.90. The Bertz CT molecular complexity index is 210. The second-order valence-corrected chi connectivity index (χ2v) is 6.86. The fourth-order valence-electron chi connectivity index (χ4n) is 3.92. The summed E-state index contributed by atoms with van der Waals surface area (Å²) < 4.78 is 0. The van der Waals surface area contributed by atoms with Gasteiger partial charge in [0.15, 0.2) is 0 Å². The summed E-state index contributed by atoms with van der Waals surface area (Å²) in [5, 5.41) is 3.92. The number of hydrogen-bond donors (Lipinski definition) is 1. The molecule has 0 radical (unpaired) electrons. The SMILES string of the molecule is CC(C)C1CCC(NC(C)C2CCCC2)CC1. The smallest absolute Gasteiger partial charge is 0.00698 e. The molecular formula is C16H31N. The van der Waals surface area contributed by atoms with Crippen LogP contribution in [0.2, 0.25) is 0 Å². The molecule has 0 aromatic rings. The molecule has 0 aromatic carbocycles. The van der Waals surface area contributed by atoms with Crippen molar-refractivity contribution in [3.63, 3.8) is 0 Å². The molecule has 2 rings (SSSR count).